The lowest BCUT2D eigenvalue weighted by molar-refractivity contribution is -0.128. The summed E-state index contributed by atoms with van der Waals surface area (Å²) < 4.78 is 0. The zero-order valence-electron chi connectivity index (χ0n) is 17.9. The number of hydrogen-bond donors (Lipinski definition) is 3. The van der Waals surface area contributed by atoms with Crippen LogP contribution < -0.4 is 16.0 Å². The Labute approximate surface area is 170 Å². The Hall–Kier alpha value is -2.08. The summed E-state index contributed by atoms with van der Waals surface area (Å²) in [6.45, 7) is 12.7. The van der Waals surface area contributed by atoms with Crippen molar-refractivity contribution < 1.29 is 4.79 Å². The lowest BCUT2D eigenvalue weighted by Gasteiger charge is -2.26. The molecule has 156 valence electrons. The Morgan fingerprint density at radius 1 is 1.14 bits per heavy atom. The number of carbonyl (C=O) groups is 1. The highest BCUT2D eigenvalue weighted by Gasteiger charge is 2.27. The van der Waals surface area contributed by atoms with Crippen LogP contribution in [-0.2, 0) is 11.3 Å². The van der Waals surface area contributed by atoms with Gasteiger partial charge in [0, 0.05) is 32.2 Å². The SMILES string of the molecule is CCNC(=O)C(C)(C)CN=C(NCC)NCC1CCCN1Cc1ccccc1. The van der Waals surface area contributed by atoms with E-state index in [1.54, 1.807) is 0 Å². The Balaban J connectivity index is 1.91. The standard InChI is InChI=1S/C22H37N5O/c1-5-23-20(28)22(3,4)17-26-21(24-6-2)25-15-19-13-10-14-27(19)16-18-11-8-7-9-12-18/h7-9,11-12,19H,5-6,10,13-17H2,1-4H3,(H,23,28)(H2,24,25,26). The van der Waals surface area contributed by atoms with Crippen LogP contribution in [0, 0.1) is 5.41 Å². The first-order valence-corrected chi connectivity index (χ1v) is 10.5. The first kappa shape index (κ1) is 22.2. The third-order valence-corrected chi connectivity index (χ3v) is 5.16. The minimum Gasteiger partial charge on any atom is -0.357 e. The molecule has 0 aliphatic carbocycles. The van der Waals surface area contributed by atoms with Crippen LogP contribution >= 0.6 is 0 Å². The second-order valence-corrected chi connectivity index (χ2v) is 8.07. The fourth-order valence-electron chi connectivity index (χ4n) is 3.46. The molecule has 1 saturated heterocycles. The number of aliphatic imine (C=N–C) groups is 1. The monoisotopic (exact) mass is 387 g/mol. The van der Waals surface area contributed by atoms with E-state index in [9.17, 15) is 4.79 Å². The van der Waals surface area contributed by atoms with Crippen molar-refractivity contribution in [2.75, 3.05) is 32.7 Å². The molecule has 1 atom stereocenters. The summed E-state index contributed by atoms with van der Waals surface area (Å²) in [5.41, 5.74) is 0.837. The van der Waals surface area contributed by atoms with Crippen molar-refractivity contribution in [2.45, 2.75) is 53.1 Å². The number of nitrogens with one attached hydrogen (secondary N) is 3. The van der Waals surface area contributed by atoms with Crippen molar-refractivity contribution in [1.29, 1.82) is 0 Å². The third kappa shape index (κ3) is 6.82. The molecule has 1 fully saturated rings. The minimum atomic E-state index is -0.523. The highest BCUT2D eigenvalue weighted by Crippen LogP contribution is 2.19. The number of nitrogens with zero attached hydrogens (tertiary/aromatic N) is 2. The van der Waals surface area contributed by atoms with Crippen molar-refractivity contribution in [1.82, 2.24) is 20.9 Å². The summed E-state index contributed by atoms with van der Waals surface area (Å²) in [6, 6.07) is 11.2. The first-order valence-electron chi connectivity index (χ1n) is 10.5. The van der Waals surface area contributed by atoms with Crippen LogP contribution in [0.25, 0.3) is 0 Å². The van der Waals surface area contributed by atoms with E-state index in [-0.39, 0.29) is 5.91 Å². The third-order valence-electron chi connectivity index (χ3n) is 5.16. The van der Waals surface area contributed by atoms with E-state index in [0.717, 1.165) is 32.1 Å². The summed E-state index contributed by atoms with van der Waals surface area (Å²) in [5, 5.41) is 9.68. The molecule has 6 nitrogen and oxygen atoms in total. The van der Waals surface area contributed by atoms with Crippen LogP contribution in [-0.4, -0.2) is 55.5 Å². The highest BCUT2D eigenvalue weighted by atomic mass is 16.2. The molecule has 0 radical (unpaired) electrons. The smallest absolute Gasteiger partial charge is 0.227 e. The fourth-order valence-corrected chi connectivity index (χ4v) is 3.46. The number of likely N-dealkylation sites (tertiary alicyclic amines) is 1. The van der Waals surface area contributed by atoms with E-state index in [0.29, 0.717) is 19.1 Å². The van der Waals surface area contributed by atoms with Gasteiger partial charge in [-0.2, -0.15) is 0 Å². The Morgan fingerprint density at radius 2 is 1.86 bits per heavy atom. The molecule has 1 heterocycles. The molecule has 1 aliphatic heterocycles. The average Bonchev–Trinajstić information content (AvgIpc) is 3.12. The maximum Gasteiger partial charge on any atom is 0.227 e. The van der Waals surface area contributed by atoms with Gasteiger partial charge < -0.3 is 16.0 Å². The van der Waals surface area contributed by atoms with Crippen molar-refractivity contribution >= 4 is 11.9 Å². The first-order chi connectivity index (χ1) is 13.5. The van der Waals surface area contributed by atoms with Crippen LogP contribution in [0.15, 0.2) is 35.3 Å². The van der Waals surface area contributed by atoms with Gasteiger partial charge in [-0.25, -0.2) is 0 Å². The predicted molar refractivity (Wildman–Crippen MR) is 116 cm³/mol. The Kier molecular flexibility index (Phi) is 8.77. The van der Waals surface area contributed by atoms with E-state index < -0.39 is 5.41 Å². The van der Waals surface area contributed by atoms with Gasteiger partial charge in [0.1, 0.15) is 0 Å². The van der Waals surface area contributed by atoms with Gasteiger partial charge in [0.25, 0.3) is 0 Å². The van der Waals surface area contributed by atoms with E-state index in [1.807, 2.05) is 20.8 Å². The largest absolute Gasteiger partial charge is 0.357 e. The number of hydrogen-bond acceptors (Lipinski definition) is 3. The number of guanidine groups is 1. The van der Waals surface area contributed by atoms with E-state index in [2.05, 4.69) is 63.1 Å². The molecule has 3 N–H and O–H groups in total. The van der Waals surface area contributed by atoms with Crippen LogP contribution in [0.3, 0.4) is 0 Å². The number of rotatable bonds is 9. The zero-order valence-corrected chi connectivity index (χ0v) is 17.9. The quantitative estimate of drug-likeness (QED) is 0.449. The summed E-state index contributed by atoms with van der Waals surface area (Å²) in [6.07, 6.45) is 2.43. The lowest BCUT2D eigenvalue weighted by Crippen LogP contribution is -2.45. The van der Waals surface area contributed by atoms with Crippen molar-refractivity contribution in [2.24, 2.45) is 10.4 Å². The Morgan fingerprint density at radius 3 is 2.54 bits per heavy atom. The Bertz CT molecular complexity index is 629. The zero-order chi connectivity index (χ0) is 20.4. The van der Waals surface area contributed by atoms with Gasteiger partial charge in [0.2, 0.25) is 5.91 Å². The lowest BCUT2D eigenvalue weighted by atomic mass is 9.92. The van der Waals surface area contributed by atoms with Gasteiger partial charge in [-0.3, -0.25) is 14.7 Å². The van der Waals surface area contributed by atoms with Crippen molar-refractivity contribution in [3.8, 4) is 0 Å². The van der Waals surface area contributed by atoms with E-state index >= 15 is 0 Å². The topological polar surface area (TPSA) is 68.8 Å². The maximum atomic E-state index is 12.2. The molecule has 0 spiro atoms. The molecule has 0 aromatic heterocycles. The highest BCUT2D eigenvalue weighted by molar-refractivity contribution is 5.83. The van der Waals surface area contributed by atoms with E-state index in [4.69, 9.17) is 0 Å². The second-order valence-electron chi connectivity index (χ2n) is 8.07. The molecule has 0 saturated carbocycles. The van der Waals surface area contributed by atoms with Gasteiger partial charge in [-0.15, -0.1) is 0 Å². The molecule has 2 rings (SSSR count). The molecular formula is C22H37N5O. The normalized spacial score (nSPS) is 18.1. The summed E-state index contributed by atoms with van der Waals surface area (Å²) >= 11 is 0. The molecule has 6 heteroatoms. The van der Waals surface area contributed by atoms with Gasteiger partial charge in [-0.1, -0.05) is 30.3 Å². The van der Waals surface area contributed by atoms with Crippen molar-refractivity contribution in [3.63, 3.8) is 0 Å². The summed E-state index contributed by atoms with van der Waals surface area (Å²) in [7, 11) is 0. The predicted octanol–water partition coefficient (Wildman–Crippen LogP) is 2.37. The van der Waals surface area contributed by atoms with Crippen LogP contribution in [0.2, 0.25) is 0 Å². The fraction of sp³-hybridized carbons (Fsp3) is 0.636. The maximum absolute atomic E-state index is 12.2. The van der Waals surface area contributed by atoms with Gasteiger partial charge in [0.15, 0.2) is 5.96 Å². The van der Waals surface area contributed by atoms with Gasteiger partial charge in [0.05, 0.1) is 12.0 Å². The van der Waals surface area contributed by atoms with Crippen LogP contribution in [0.1, 0.15) is 46.1 Å². The molecule has 28 heavy (non-hydrogen) atoms. The molecule has 0 bridgehead atoms. The minimum absolute atomic E-state index is 0.0411. The number of amides is 1. The molecule has 1 aromatic carbocycles. The van der Waals surface area contributed by atoms with Crippen molar-refractivity contribution in [3.05, 3.63) is 35.9 Å². The average molecular weight is 388 g/mol. The van der Waals surface area contributed by atoms with Crippen LogP contribution in [0.5, 0.6) is 0 Å². The van der Waals surface area contributed by atoms with Gasteiger partial charge in [-0.05, 0) is 52.6 Å². The van der Waals surface area contributed by atoms with Gasteiger partial charge >= 0.3 is 0 Å². The summed E-state index contributed by atoms with van der Waals surface area (Å²) in [5.74, 6) is 0.825. The molecule has 1 aromatic rings. The number of benzene rings is 1. The van der Waals surface area contributed by atoms with Crippen LogP contribution in [0.4, 0.5) is 0 Å². The molecule has 1 unspecified atom stereocenters. The second kappa shape index (κ2) is 11.1. The van der Waals surface area contributed by atoms with E-state index in [1.165, 1.54) is 18.4 Å². The summed E-state index contributed by atoms with van der Waals surface area (Å²) in [4.78, 5) is 19.4. The molecule has 1 aliphatic rings. The number of carbonyl (C=O) groups excluding carboxylic acids is 1. The molecule has 1 amide bonds. The molecular weight excluding hydrogens is 350 g/mol.